The van der Waals surface area contributed by atoms with Crippen molar-refractivity contribution in [3.05, 3.63) is 84.0 Å². The van der Waals surface area contributed by atoms with Gasteiger partial charge in [-0.05, 0) is 41.0 Å². The van der Waals surface area contributed by atoms with Crippen LogP contribution in [0.2, 0.25) is 0 Å². The summed E-state index contributed by atoms with van der Waals surface area (Å²) in [4.78, 5) is 0. The van der Waals surface area contributed by atoms with Gasteiger partial charge in [-0.15, -0.1) is 0 Å². The molecule has 2 aromatic carbocycles. The Balaban J connectivity index is 1.62. The fourth-order valence-corrected chi connectivity index (χ4v) is 3.86. The van der Waals surface area contributed by atoms with Crippen LogP contribution in [0.15, 0.2) is 78.4 Å². The minimum atomic E-state index is 0.518. The predicted molar refractivity (Wildman–Crippen MR) is 94.9 cm³/mol. The van der Waals surface area contributed by atoms with Crippen molar-refractivity contribution in [2.24, 2.45) is 11.8 Å². The molecule has 0 saturated carbocycles. The highest BCUT2D eigenvalue weighted by atomic mass is 14.3. The second-order valence-corrected chi connectivity index (χ2v) is 6.64. The lowest BCUT2D eigenvalue weighted by Crippen LogP contribution is -2.19. The summed E-state index contributed by atoms with van der Waals surface area (Å²) in [5.41, 5.74) is 3.05. The molecular weight excluding hydrogens is 264 g/mol. The first-order valence-corrected chi connectivity index (χ1v) is 8.34. The lowest BCUT2D eigenvalue weighted by molar-refractivity contribution is 0.436. The highest BCUT2D eigenvalue weighted by Gasteiger charge is 2.25. The van der Waals surface area contributed by atoms with Crippen LogP contribution in [0.25, 0.3) is 10.8 Å². The highest BCUT2D eigenvalue weighted by Crippen LogP contribution is 2.39. The molecule has 0 amide bonds. The van der Waals surface area contributed by atoms with Gasteiger partial charge in [0.25, 0.3) is 0 Å². The fourth-order valence-electron chi connectivity index (χ4n) is 3.86. The van der Waals surface area contributed by atoms with Gasteiger partial charge in [-0.3, -0.25) is 0 Å². The van der Waals surface area contributed by atoms with E-state index in [1.807, 2.05) is 0 Å². The molecule has 2 aliphatic carbocycles. The molecule has 0 N–H and O–H groups in total. The van der Waals surface area contributed by atoms with E-state index in [0.717, 1.165) is 5.92 Å². The Morgan fingerprint density at radius 2 is 1.68 bits per heavy atom. The summed E-state index contributed by atoms with van der Waals surface area (Å²) in [6.07, 6.45) is 14.1. The first-order valence-electron chi connectivity index (χ1n) is 8.34. The van der Waals surface area contributed by atoms with Crippen LogP contribution >= 0.6 is 0 Å². The van der Waals surface area contributed by atoms with Crippen LogP contribution in [-0.4, -0.2) is 0 Å². The van der Waals surface area contributed by atoms with Gasteiger partial charge in [-0.1, -0.05) is 85.3 Å². The molecule has 0 heterocycles. The van der Waals surface area contributed by atoms with Crippen LogP contribution in [0.3, 0.4) is 0 Å². The Hall–Kier alpha value is -2.08. The molecule has 0 fully saturated rings. The van der Waals surface area contributed by atoms with E-state index in [9.17, 15) is 0 Å². The smallest absolute Gasteiger partial charge is 0.00202 e. The molecule has 22 heavy (non-hydrogen) atoms. The van der Waals surface area contributed by atoms with Crippen molar-refractivity contribution in [3.8, 4) is 0 Å². The van der Waals surface area contributed by atoms with Crippen LogP contribution in [0.1, 0.15) is 31.2 Å². The third-order valence-corrected chi connectivity index (χ3v) is 5.33. The summed E-state index contributed by atoms with van der Waals surface area (Å²) >= 11 is 0. The Bertz CT molecular complexity index is 775. The van der Waals surface area contributed by atoms with Crippen molar-refractivity contribution in [2.75, 3.05) is 0 Å². The normalized spacial score (nSPS) is 24.9. The molecular formula is C22H22. The Labute approximate surface area is 132 Å². The zero-order valence-electron chi connectivity index (χ0n) is 13.1. The summed E-state index contributed by atoms with van der Waals surface area (Å²) in [6.45, 7) is 2.36. The van der Waals surface area contributed by atoms with Crippen molar-refractivity contribution in [2.45, 2.75) is 25.7 Å². The molecule has 0 nitrogen and oxygen atoms in total. The lowest BCUT2D eigenvalue weighted by atomic mass is 9.73. The Morgan fingerprint density at radius 1 is 0.909 bits per heavy atom. The number of fused-ring (bicyclic) bond motifs is 2. The first kappa shape index (κ1) is 13.6. The maximum Gasteiger partial charge on any atom is 0.00202 e. The zero-order valence-corrected chi connectivity index (χ0v) is 13.1. The first-order chi connectivity index (χ1) is 10.8. The highest BCUT2D eigenvalue weighted by molar-refractivity contribution is 5.83. The molecule has 0 heteroatoms. The molecule has 3 atom stereocenters. The van der Waals surface area contributed by atoms with Crippen LogP contribution < -0.4 is 0 Å². The SMILES string of the molecule is C[C@@H](C1=CCC2C=CC=CC2C1)c1ccc2ccccc2c1. The Morgan fingerprint density at radius 3 is 2.55 bits per heavy atom. The van der Waals surface area contributed by atoms with Crippen molar-refractivity contribution < 1.29 is 0 Å². The second kappa shape index (κ2) is 5.61. The van der Waals surface area contributed by atoms with E-state index in [1.165, 1.54) is 29.2 Å². The van der Waals surface area contributed by atoms with E-state index in [4.69, 9.17) is 0 Å². The Kier molecular flexibility index (Phi) is 3.46. The van der Waals surface area contributed by atoms with Crippen LogP contribution in [0.5, 0.6) is 0 Å². The zero-order chi connectivity index (χ0) is 14.9. The summed E-state index contributed by atoms with van der Waals surface area (Å²) in [5.74, 6) is 1.94. The molecule has 0 bridgehead atoms. The average Bonchev–Trinajstić information content (AvgIpc) is 2.60. The van der Waals surface area contributed by atoms with Gasteiger partial charge in [0.15, 0.2) is 0 Å². The molecule has 0 radical (unpaired) electrons. The van der Waals surface area contributed by atoms with E-state index in [2.05, 4.69) is 79.8 Å². The summed E-state index contributed by atoms with van der Waals surface area (Å²) in [6, 6.07) is 15.6. The monoisotopic (exact) mass is 286 g/mol. The van der Waals surface area contributed by atoms with Gasteiger partial charge in [0.2, 0.25) is 0 Å². The standard InChI is InChI=1S/C22H22/c1-16(19-12-10-17-6-2-4-8-21(17)14-19)20-13-11-18-7-3-5-9-22(18)15-20/h2-10,12-14,16,18,22H,11,15H2,1H3/t16-,18?,22?/m1/s1. The van der Waals surface area contributed by atoms with Crippen LogP contribution in [-0.2, 0) is 0 Å². The third-order valence-electron chi connectivity index (χ3n) is 5.33. The number of hydrogen-bond donors (Lipinski definition) is 0. The minimum Gasteiger partial charge on any atom is -0.0841 e. The topological polar surface area (TPSA) is 0 Å². The van der Waals surface area contributed by atoms with Gasteiger partial charge in [0.05, 0.1) is 0 Å². The van der Waals surface area contributed by atoms with Gasteiger partial charge in [0, 0.05) is 5.92 Å². The van der Waals surface area contributed by atoms with E-state index < -0.39 is 0 Å². The largest absolute Gasteiger partial charge is 0.0841 e. The third kappa shape index (κ3) is 2.43. The molecule has 0 spiro atoms. The summed E-state index contributed by atoms with van der Waals surface area (Å²) in [7, 11) is 0. The van der Waals surface area contributed by atoms with E-state index in [1.54, 1.807) is 5.57 Å². The molecule has 0 aromatic heterocycles. The number of allylic oxidation sites excluding steroid dienone is 6. The molecule has 110 valence electrons. The fraction of sp³-hybridized carbons (Fsp3) is 0.273. The van der Waals surface area contributed by atoms with Crippen molar-refractivity contribution in [1.29, 1.82) is 0 Å². The van der Waals surface area contributed by atoms with Gasteiger partial charge in [0.1, 0.15) is 0 Å². The summed E-state index contributed by atoms with van der Waals surface area (Å²) in [5, 5.41) is 2.68. The predicted octanol–water partition coefficient (Wildman–Crippen LogP) is 6.02. The molecule has 2 aliphatic rings. The minimum absolute atomic E-state index is 0.518. The number of rotatable bonds is 2. The average molecular weight is 286 g/mol. The molecule has 2 aromatic rings. The van der Waals surface area contributed by atoms with E-state index in [0.29, 0.717) is 11.8 Å². The summed E-state index contributed by atoms with van der Waals surface area (Å²) < 4.78 is 0. The van der Waals surface area contributed by atoms with E-state index in [-0.39, 0.29) is 0 Å². The molecule has 4 rings (SSSR count). The van der Waals surface area contributed by atoms with Gasteiger partial charge < -0.3 is 0 Å². The molecule has 0 saturated heterocycles. The maximum absolute atomic E-state index is 2.49. The lowest BCUT2D eigenvalue weighted by Gasteiger charge is -2.31. The quantitative estimate of drug-likeness (QED) is 0.592. The van der Waals surface area contributed by atoms with Gasteiger partial charge in [-0.2, -0.15) is 0 Å². The van der Waals surface area contributed by atoms with E-state index >= 15 is 0 Å². The van der Waals surface area contributed by atoms with Crippen molar-refractivity contribution in [3.63, 3.8) is 0 Å². The number of hydrogen-bond acceptors (Lipinski definition) is 0. The number of benzene rings is 2. The maximum atomic E-state index is 2.49. The van der Waals surface area contributed by atoms with Crippen LogP contribution in [0, 0.1) is 11.8 Å². The van der Waals surface area contributed by atoms with Crippen molar-refractivity contribution >= 4 is 10.8 Å². The van der Waals surface area contributed by atoms with Gasteiger partial charge in [-0.25, -0.2) is 0 Å². The van der Waals surface area contributed by atoms with Gasteiger partial charge >= 0.3 is 0 Å². The van der Waals surface area contributed by atoms with Crippen molar-refractivity contribution in [1.82, 2.24) is 0 Å². The van der Waals surface area contributed by atoms with Crippen LogP contribution in [0.4, 0.5) is 0 Å². The second-order valence-electron chi connectivity index (χ2n) is 6.64. The molecule has 0 aliphatic heterocycles. The molecule has 2 unspecified atom stereocenters.